The fraction of sp³-hybridized carbons (Fsp3) is 0.318. The fourth-order valence-corrected chi connectivity index (χ4v) is 4.00. The number of hydrogen-bond acceptors (Lipinski definition) is 8. The molecule has 5 rings (SSSR count). The Hall–Kier alpha value is -3.46. The van der Waals surface area contributed by atoms with Crippen molar-refractivity contribution >= 4 is 40.5 Å². The van der Waals surface area contributed by atoms with Gasteiger partial charge in [-0.25, -0.2) is 9.97 Å². The van der Waals surface area contributed by atoms with Crippen molar-refractivity contribution in [2.75, 3.05) is 28.6 Å². The molecule has 10 heteroatoms. The first kappa shape index (κ1) is 20.4. The quantitative estimate of drug-likeness (QED) is 0.471. The number of piperidine rings is 1. The van der Waals surface area contributed by atoms with E-state index in [0.29, 0.717) is 16.8 Å². The molecule has 1 aliphatic rings. The Bertz CT molecular complexity index is 1230. The van der Waals surface area contributed by atoms with Crippen LogP contribution in [0, 0.1) is 13.8 Å². The number of nitrogens with one attached hydrogen (secondary N) is 2. The lowest BCUT2D eigenvalue weighted by molar-refractivity contribution is 0.521. The van der Waals surface area contributed by atoms with Crippen molar-refractivity contribution in [3.63, 3.8) is 0 Å². The second-order valence-electron chi connectivity index (χ2n) is 8.02. The van der Waals surface area contributed by atoms with Gasteiger partial charge >= 0.3 is 0 Å². The van der Waals surface area contributed by atoms with Gasteiger partial charge in [0.15, 0.2) is 11.6 Å². The molecule has 1 fully saturated rings. The number of halogens is 1. The molecule has 0 unspecified atom stereocenters. The Labute approximate surface area is 190 Å². The Morgan fingerprint density at radius 2 is 1.94 bits per heavy atom. The van der Waals surface area contributed by atoms with E-state index in [9.17, 15) is 0 Å². The molecular formula is C22H24ClN9. The predicted molar refractivity (Wildman–Crippen MR) is 126 cm³/mol. The summed E-state index contributed by atoms with van der Waals surface area (Å²) in [4.78, 5) is 15.6. The molecule has 0 aromatic carbocycles. The normalized spacial score (nSPS) is 14.7. The highest BCUT2D eigenvalue weighted by Crippen LogP contribution is 2.26. The van der Waals surface area contributed by atoms with Crippen LogP contribution in [0.15, 0.2) is 43.0 Å². The van der Waals surface area contributed by atoms with Crippen LogP contribution in [0.1, 0.15) is 24.1 Å². The van der Waals surface area contributed by atoms with E-state index in [0.717, 1.165) is 54.3 Å². The summed E-state index contributed by atoms with van der Waals surface area (Å²) in [6, 6.07) is 6.27. The minimum Gasteiger partial charge on any atom is -0.366 e. The van der Waals surface area contributed by atoms with E-state index in [-0.39, 0.29) is 6.04 Å². The molecule has 4 aromatic heterocycles. The molecule has 2 N–H and O–H groups in total. The summed E-state index contributed by atoms with van der Waals surface area (Å²) in [6.45, 7) is 5.77. The van der Waals surface area contributed by atoms with Crippen molar-refractivity contribution in [1.29, 1.82) is 0 Å². The maximum absolute atomic E-state index is 6.40. The minimum absolute atomic E-state index is 0.271. The molecular weight excluding hydrogens is 426 g/mol. The molecule has 0 atom stereocenters. The Kier molecular flexibility index (Phi) is 5.48. The standard InChI is InChI=1S/C22H24ClN9/c1-14-13-32-10-7-24-20(32)11-18(14)27-22-25-12-17(23)21(28-22)26-16-5-8-31(9-6-16)19-4-3-15(2)29-30-19/h3-4,7,10-13,16H,5-6,8-9H2,1-2H3,(H2,25,26,27,28). The van der Waals surface area contributed by atoms with Gasteiger partial charge in [0.05, 0.1) is 11.9 Å². The zero-order valence-corrected chi connectivity index (χ0v) is 18.7. The van der Waals surface area contributed by atoms with Crippen LogP contribution in [0.5, 0.6) is 0 Å². The first-order chi connectivity index (χ1) is 15.5. The summed E-state index contributed by atoms with van der Waals surface area (Å²) in [5.74, 6) is 2.05. The number of aromatic nitrogens is 6. The Balaban J connectivity index is 1.26. The van der Waals surface area contributed by atoms with Crippen LogP contribution in [0.2, 0.25) is 5.02 Å². The average molecular weight is 450 g/mol. The third-order valence-electron chi connectivity index (χ3n) is 5.66. The van der Waals surface area contributed by atoms with Gasteiger partial charge in [0.2, 0.25) is 5.95 Å². The first-order valence-corrected chi connectivity index (χ1v) is 11.0. The number of pyridine rings is 1. The molecule has 0 radical (unpaired) electrons. The van der Waals surface area contributed by atoms with E-state index in [2.05, 4.69) is 40.7 Å². The van der Waals surface area contributed by atoms with Crippen molar-refractivity contribution in [2.45, 2.75) is 32.7 Å². The maximum atomic E-state index is 6.40. The van der Waals surface area contributed by atoms with Gasteiger partial charge in [0, 0.05) is 49.5 Å². The Morgan fingerprint density at radius 1 is 1.09 bits per heavy atom. The summed E-state index contributed by atoms with van der Waals surface area (Å²) in [5, 5.41) is 15.8. The van der Waals surface area contributed by atoms with Gasteiger partial charge in [-0.3, -0.25) is 0 Å². The summed E-state index contributed by atoms with van der Waals surface area (Å²) in [7, 11) is 0. The summed E-state index contributed by atoms with van der Waals surface area (Å²) in [6.07, 6.45) is 9.24. The van der Waals surface area contributed by atoms with Crippen LogP contribution in [-0.2, 0) is 0 Å². The van der Waals surface area contributed by atoms with E-state index in [1.807, 2.05) is 48.8 Å². The molecule has 32 heavy (non-hydrogen) atoms. The van der Waals surface area contributed by atoms with Crippen LogP contribution >= 0.6 is 11.6 Å². The lowest BCUT2D eigenvalue weighted by atomic mass is 10.1. The van der Waals surface area contributed by atoms with Crippen molar-refractivity contribution in [2.24, 2.45) is 0 Å². The van der Waals surface area contributed by atoms with Crippen molar-refractivity contribution in [1.82, 2.24) is 29.5 Å². The number of hydrogen-bond donors (Lipinski definition) is 2. The van der Waals surface area contributed by atoms with Gasteiger partial charge in [-0.15, -0.1) is 5.10 Å². The highest BCUT2D eigenvalue weighted by Gasteiger charge is 2.21. The predicted octanol–water partition coefficient (Wildman–Crippen LogP) is 4.01. The van der Waals surface area contributed by atoms with E-state index >= 15 is 0 Å². The van der Waals surface area contributed by atoms with Gasteiger partial charge in [0.25, 0.3) is 0 Å². The average Bonchev–Trinajstić information content (AvgIpc) is 3.24. The zero-order chi connectivity index (χ0) is 22.1. The largest absolute Gasteiger partial charge is 0.366 e. The van der Waals surface area contributed by atoms with Gasteiger partial charge in [-0.05, 0) is 44.4 Å². The van der Waals surface area contributed by atoms with Gasteiger partial charge in [0.1, 0.15) is 10.7 Å². The van der Waals surface area contributed by atoms with Crippen molar-refractivity contribution in [3.05, 3.63) is 59.3 Å². The zero-order valence-electron chi connectivity index (χ0n) is 18.0. The van der Waals surface area contributed by atoms with Crippen LogP contribution in [0.25, 0.3) is 5.65 Å². The van der Waals surface area contributed by atoms with E-state index in [1.165, 1.54) is 0 Å². The van der Waals surface area contributed by atoms with Crippen molar-refractivity contribution < 1.29 is 0 Å². The third-order valence-corrected chi connectivity index (χ3v) is 5.94. The fourth-order valence-electron chi connectivity index (χ4n) is 3.86. The lowest BCUT2D eigenvalue weighted by Crippen LogP contribution is -2.39. The molecule has 0 aliphatic carbocycles. The summed E-state index contributed by atoms with van der Waals surface area (Å²) >= 11 is 6.40. The smallest absolute Gasteiger partial charge is 0.229 e. The van der Waals surface area contributed by atoms with E-state index in [4.69, 9.17) is 11.6 Å². The highest BCUT2D eigenvalue weighted by atomic mass is 35.5. The summed E-state index contributed by atoms with van der Waals surface area (Å²) < 4.78 is 1.98. The number of nitrogens with zero attached hydrogens (tertiary/aromatic N) is 7. The SMILES string of the molecule is Cc1ccc(N2CCC(Nc3nc(Nc4cc5nccn5cc4C)ncc3Cl)CC2)nn1. The molecule has 4 aromatic rings. The molecule has 1 saturated heterocycles. The van der Waals surface area contributed by atoms with Gasteiger partial charge < -0.3 is 19.9 Å². The van der Waals surface area contributed by atoms with E-state index in [1.54, 1.807) is 12.4 Å². The molecule has 0 spiro atoms. The molecule has 5 heterocycles. The molecule has 1 aliphatic heterocycles. The molecule has 0 saturated carbocycles. The number of aryl methyl sites for hydroxylation is 2. The topological polar surface area (TPSA) is 96.2 Å². The first-order valence-electron chi connectivity index (χ1n) is 10.6. The monoisotopic (exact) mass is 449 g/mol. The molecule has 9 nitrogen and oxygen atoms in total. The number of rotatable bonds is 5. The van der Waals surface area contributed by atoms with Crippen LogP contribution in [-0.4, -0.2) is 48.7 Å². The van der Waals surface area contributed by atoms with Crippen LogP contribution < -0.4 is 15.5 Å². The molecule has 0 amide bonds. The number of imidazole rings is 1. The summed E-state index contributed by atoms with van der Waals surface area (Å²) in [5.41, 5.74) is 3.75. The molecule has 0 bridgehead atoms. The second-order valence-corrected chi connectivity index (χ2v) is 8.42. The molecule has 164 valence electrons. The lowest BCUT2D eigenvalue weighted by Gasteiger charge is -2.33. The van der Waals surface area contributed by atoms with Gasteiger partial charge in [-0.1, -0.05) is 11.6 Å². The minimum atomic E-state index is 0.271. The van der Waals surface area contributed by atoms with Crippen LogP contribution in [0.4, 0.5) is 23.3 Å². The maximum Gasteiger partial charge on any atom is 0.229 e. The van der Waals surface area contributed by atoms with E-state index < -0.39 is 0 Å². The van der Waals surface area contributed by atoms with Crippen LogP contribution in [0.3, 0.4) is 0 Å². The van der Waals surface area contributed by atoms with Gasteiger partial charge in [-0.2, -0.15) is 10.1 Å². The number of anilines is 4. The second kappa shape index (κ2) is 8.58. The van der Waals surface area contributed by atoms with Crippen molar-refractivity contribution in [3.8, 4) is 0 Å². The number of fused-ring (bicyclic) bond motifs is 1. The highest BCUT2D eigenvalue weighted by molar-refractivity contribution is 6.32. The Morgan fingerprint density at radius 3 is 2.72 bits per heavy atom. The third kappa shape index (κ3) is 4.29.